The highest BCUT2D eigenvalue weighted by molar-refractivity contribution is 9.10. The van der Waals surface area contributed by atoms with Crippen LogP contribution < -0.4 is 0 Å². The van der Waals surface area contributed by atoms with Gasteiger partial charge in [-0.15, -0.1) is 0 Å². The number of benzene rings is 2. The summed E-state index contributed by atoms with van der Waals surface area (Å²) in [5.41, 5.74) is 0.0579. The zero-order valence-electron chi connectivity index (χ0n) is 13.1. The molecule has 4 rings (SSSR count). The van der Waals surface area contributed by atoms with Crippen molar-refractivity contribution in [3.8, 4) is 0 Å². The van der Waals surface area contributed by atoms with Gasteiger partial charge in [0.25, 0.3) is 11.8 Å². The molecular formula is C19H16BrNO3. The first kappa shape index (κ1) is 15.5. The highest BCUT2D eigenvalue weighted by Gasteiger charge is 2.60. The molecule has 2 aliphatic rings. The van der Waals surface area contributed by atoms with Gasteiger partial charge in [0, 0.05) is 17.3 Å². The topological polar surface area (TPSA) is 57.6 Å². The van der Waals surface area contributed by atoms with Crippen molar-refractivity contribution in [1.29, 1.82) is 0 Å². The number of carbonyl (C=O) groups is 2. The van der Waals surface area contributed by atoms with Crippen LogP contribution in [0, 0.1) is 0 Å². The fraction of sp³-hybridized carbons (Fsp3) is 0.263. The summed E-state index contributed by atoms with van der Waals surface area (Å²) in [5, 5.41) is 10.4. The van der Waals surface area contributed by atoms with Crippen molar-refractivity contribution >= 4 is 27.7 Å². The molecule has 2 amide bonds. The molecule has 0 unspecified atom stereocenters. The summed E-state index contributed by atoms with van der Waals surface area (Å²) in [6, 6.07) is 14.5. The van der Waals surface area contributed by atoms with E-state index in [0.717, 1.165) is 10.0 Å². The Labute approximate surface area is 148 Å². The Kier molecular flexibility index (Phi) is 3.24. The zero-order chi connectivity index (χ0) is 17.1. The number of rotatable bonds is 2. The molecule has 0 saturated heterocycles. The third-order valence-corrected chi connectivity index (χ3v) is 5.48. The van der Waals surface area contributed by atoms with Crippen LogP contribution in [0.1, 0.15) is 46.0 Å². The molecular weight excluding hydrogens is 370 g/mol. The van der Waals surface area contributed by atoms with Crippen molar-refractivity contribution < 1.29 is 14.7 Å². The number of halogens is 1. The average molecular weight is 386 g/mol. The zero-order valence-corrected chi connectivity index (χ0v) is 14.7. The third kappa shape index (κ3) is 2.08. The van der Waals surface area contributed by atoms with Gasteiger partial charge < -0.3 is 5.11 Å². The molecule has 0 aromatic heterocycles. The molecule has 2 aromatic rings. The lowest BCUT2D eigenvalue weighted by Gasteiger charge is -2.55. The van der Waals surface area contributed by atoms with E-state index < -0.39 is 11.1 Å². The van der Waals surface area contributed by atoms with Gasteiger partial charge in [0.2, 0.25) is 0 Å². The van der Waals surface area contributed by atoms with Crippen LogP contribution in [0.5, 0.6) is 0 Å². The highest BCUT2D eigenvalue weighted by atomic mass is 79.9. The SMILES string of the molecule is C[C@]1(O)C[C@@](c2ccc(Br)cc2)(N2C(=O)c3ccccc3C2=O)C1. The van der Waals surface area contributed by atoms with Gasteiger partial charge in [0.1, 0.15) is 0 Å². The Bertz CT molecular complexity index is 814. The van der Waals surface area contributed by atoms with Crippen LogP contribution in [0.4, 0.5) is 0 Å². The van der Waals surface area contributed by atoms with Crippen LogP contribution in [0.25, 0.3) is 0 Å². The van der Waals surface area contributed by atoms with Crippen molar-refractivity contribution in [1.82, 2.24) is 4.90 Å². The van der Waals surface area contributed by atoms with Crippen LogP contribution >= 0.6 is 15.9 Å². The van der Waals surface area contributed by atoms with E-state index in [9.17, 15) is 14.7 Å². The maximum atomic E-state index is 12.9. The molecule has 1 fully saturated rings. The van der Waals surface area contributed by atoms with Crippen LogP contribution in [0.3, 0.4) is 0 Å². The molecule has 4 nitrogen and oxygen atoms in total. The molecule has 0 radical (unpaired) electrons. The van der Waals surface area contributed by atoms with E-state index in [1.807, 2.05) is 24.3 Å². The van der Waals surface area contributed by atoms with Crippen molar-refractivity contribution in [2.75, 3.05) is 0 Å². The van der Waals surface area contributed by atoms with E-state index in [1.165, 1.54) is 4.90 Å². The number of nitrogens with zero attached hydrogens (tertiary/aromatic N) is 1. The fourth-order valence-electron chi connectivity index (χ4n) is 4.04. The van der Waals surface area contributed by atoms with Gasteiger partial charge in [-0.2, -0.15) is 0 Å². The number of imide groups is 1. The van der Waals surface area contributed by atoms with E-state index in [2.05, 4.69) is 15.9 Å². The van der Waals surface area contributed by atoms with Gasteiger partial charge >= 0.3 is 0 Å². The van der Waals surface area contributed by atoms with Gasteiger partial charge in [-0.3, -0.25) is 14.5 Å². The molecule has 24 heavy (non-hydrogen) atoms. The lowest BCUT2D eigenvalue weighted by Crippen LogP contribution is -2.63. The Balaban J connectivity index is 1.84. The van der Waals surface area contributed by atoms with Crippen molar-refractivity contribution in [2.24, 2.45) is 0 Å². The molecule has 5 heteroatoms. The van der Waals surface area contributed by atoms with Gasteiger partial charge in [-0.05, 0) is 36.8 Å². The molecule has 2 aromatic carbocycles. The molecule has 0 spiro atoms. The average Bonchev–Trinajstić information content (AvgIpc) is 2.78. The lowest BCUT2D eigenvalue weighted by molar-refractivity contribution is -0.118. The highest BCUT2D eigenvalue weighted by Crippen LogP contribution is 2.54. The van der Waals surface area contributed by atoms with Crippen LogP contribution in [0.2, 0.25) is 0 Å². The van der Waals surface area contributed by atoms with Crippen molar-refractivity contribution in [2.45, 2.75) is 30.9 Å². The normalized spacial score (nSPS) is 28.7. The summed E-state index contributed by atoms with van der Waals surface area (Å²) in [5.74, 6) is -0.567. The van der Waals surface area contributed by atoms with E-state index >= 15 is 0 Å². The molecule has 1 aliphatic heterocycles. The monoisotopic (exact) mass is 385 g/mol. The first-order chi connectivity index (χ1) is 11.3. The van der Waals surface area contributed by atoms with Gasteiger partial charge in [0.15, 0.2) is 0 Å². The summed E-state index contributed by atoms with van der Waals surface area (Å²) in [7, 11) is 0. The second-order valence-electron chi connectivity index (χ2n) is 6.88. The predicted molar refractivity (Wildman–Crippen MR) is 92.6 cm³/mol. The second-order valence-corrected chi connectivity index (χ2v) is 7.80. The largest absolute Gasteiger partial charge is 0.390 e. The summed E-state index contributed by atoms with van der Waals surface area (Å²) >= 11 is 3.41. The fourth-order valence-corrected chi connectivity index (χ4v) is 4.30. The minimum atomic E-state index is -0.886. The van der Waals surface area contributed by atoms with E-state index in [4.69, 9.17) is 0 Å². The summed E-state index contributed by atoms with van der Waals surface area (Å²) in [6.07, 6.45) is 0.681. The number of hydrogen-bond donors (Lipinski definition) is 1. The number of amides is 2. The van der Waals surface area contributed by atoms with E-state index in [0.29, 0.717) is 24.0 Å². The second kappa shape index (κ2) is 5.01. The standard InChI is InChI=1S/C19H16BrNO3/c1-18(24)10-19(11-18,12-6-8-13(20)9-7-12)21-16(22)14-4-2-3-5-15(14)17(21)23/h2-9,24H,10-11H2,1H3/t18-,19+. The smallest absolute Gasteiger partial charge is 0.262 e. The maximum Gasteiger partial charge on any atom is 0.262 e. The molecule has 1 aliphatic carbocycles. The third-order valence-electron chi connectivity index (χ3n) is 4.95. The summed E-state index contributed by atoms with van der Waals surface area (Å²) in [4.78, 5) is 27.2. The maximum absolute atomic E-state index is 12.9. The molecule has 1 saturated carbocycles. The van der Waals surface area contributed by atoms with Gasteiger partial charge in [0.05, 0.1) is 22.3 Å². The summed E-state index contributed by atoms with van der Waals surface area (Å²) < 4.78 is 0.926. The van der Waals surface area contributed by atoms with Crippen LogP contribution in [-0.4, -0.2) is 27.4 Å². The number of aliphatic hydroxyl groups is 1. The first-order valence-corrected chi connectivity index (χ1v) is 8.60. The molecule has 0 atom stereocenters. The van der Waals surface area contributed by atoms with Crippen molar-refractivity contribution in [3.05, 3.63) is 69.7 Å². The molecule has 0 bridgehead atoms. The number of carbonyl (C=O) groups excluding carboxylic acids is 2. The Hall–Kier alpha value is -1.98. The Morgan fingerprint density at radius 3 is 1.92 bits per heavy atom. The Morgan fingerprint density at radius 1 is 0.958 bits per heavy atom. The lowest BCUT2D eigenvalue weighted by atomic mass is 9.61. The first-order valence-electron chi connectivity index (χ1n) is 7.80. The van der Waals surface area contributed by atoms with E-state index in [1.54, 1.807) is 31.2 Å². The van der Waals surface area contributed by atoms with Gasteiger partial charge in [-0.1, -0.05) is 40.2 Å². The minimum Gasteiger partial charge on any atom is -0.390 e. The molecule has 1 N–H and O–H groups in total. The Morgan fingerprint density at radius 2 is 1.46 bits per heavy atom. The van der Waals surface area contributed by atoms with E-state index in [-0.39, 0.29) is 11.8 Å². The molecule has 1 heterocycles. The minimum absolute atomic E-state index is 0.283. The number of fused-ring (bicyclic) bond motifs is 1. The predicted octanol–water partition coefficient (Wildman–Crippen LogP) is 3.49. The quantitative estimate of drug-likeness (QED) is 0.804. The van der Waals surface area contributed by atoms with Gasteiger partial charge in [-0.25, -0.2) is 0 Å². The van der Waals surface area contributed by atoms with Crippen LogP contribution in [-0.2, 0) is 5.54 Å². The summed E-state index contributed by atoms with van der Waals surface area (Å²) in [6.45, 7) is 1.74. The van der Waals surface area contributed by atoms with Crippen LogP contribution in [0.15, 0.2) is 53.0 Å². The van der Waals surface area contributed by atoms with Crippen molar-refractivity contribution in [3.63, 3.8) is 0 Å². The molecule has 122 valence electrons. The number of hydrogen-bond acceptors (Lipinski definition) is 3.